The van der Waals surface area contributed by atoms with Crippen LogP contribution >= 0.6 is 24.0 Å². The Morgan fingerprint density at radius 2 is 1.84 bits per heavy atom. The number of thiocarbonyl (C=S) groups is 1. The predicted molar refractivity (Wildman–Crippen MR) is 126 cm³/mol. The van der Waals surface area contributed by atoms with E-state index in [1.54, 1.807) is 54.5 Å². The van der Waals surface area contributed by atoms with Gasteiger partial charge in [-0.2, -0.15) is 0 Å². The van der Waals surface area contributed by atoms with Gasteiger partial charge in [0.15, 0.2) is 0 Å². The van der Waals surface area contributed by atoms with Crippen LogP contribution in [0.2, 0.25) is 0 Å². The minimum Gasteiger partial charge on any atom is -0.497 e. The average Bonchev–Trinajstić information content (AvgIpc) is 3.03. The number of thioether (sulfide) groups is 1. The number of hydrogen-bond donors (Lipinski definition) is 1. The molecule has 5 nitrogen and oxygen atoms in total. The van der Waals surface area contributed by atoms with Gasteiger partial charge >= 0.3 is 0 Å². The zero-order valence-electron chi connectivity index (χ0n) is 17.1. The van der Waals surface area contributed by atoms with Crippen LogP contribution in [-0.4, -0.2) is 34.7 Å². The fraction of sp³-hybridized carbons (Fsp3) is 0.261. The van der Waals surface area contributed by atoms with E-state index < -0.39 is 0 Å². The molecule has 1 aliphatic rings. The molecular weight excluding hydrogens is 435 g/mol. The van der Waals surface area contributed by atoms with Gasteiger partial charge in [0.05, 0.1) is 12.0 Å². The van der Waals surface area contributed by atoms with Gasteiger partial charge in [0.25, 0.3) is 5.91 Å². The molecule has 0 spiro atoms. The summed E-state index contributed by atoms with van der Waals surface area (Å²) in [5, 5.41) is 2.86. The number of methoxy groups -OCH3 is 1. The Morgan fingerprint density at radius 3 is 2.52 bits per heavy atom. The predicted octanol–water partition coefficient (Wildman–Crippen LogP) is 5.23. The third-order valence-corrected chi connectivity index (χ3v) is 6.08. The Morgan fingerprint density at radius 1 is 1.13 bits per heavy atom. The van der Waals surface area contributed by atoms with E-state index in [-0.39, 0.29) is 17.6 Å². The molecule has 1 saturated heterocycles. The Bertz CT molecular complexity index is 975. The number of hydrogen-bond acceptors (Lipinski definition) is 5. The summed E-state index contributed by atoms with van der Waals surface area (Å²) in [6.45, 7) is 0.519. The lowest BCUT2D eigenvalue weighted by Crippen LogP contribution is -2.29. The zero-order valence-corrected chi connectivity index (χ0v) is 18.7. The first-order chi connectivity index (χ1) is 15.0. The molecule has 3 rings (SSSR count). The van der Waals surface area contributed by atoms with Gasteiger partial charge in [-0.05, 0) is 60.9 Å². The molecule has 2 aromatic rings. The number of nitrogens with zero attached hydrogens (tertiary/aromatic N) is 1. The fourth-order valence-electron chi connectivity index (χ4n) is 3.03. The topological polar surface area (TPSA) is 58.6 Å². The van der Waals surface area contributed by atoms with Gasteiger partial charge in [-0.1, -0.05) is 42.5 Å². The molecule has 1 aliphatic heterocycles. The van der Waals surface area contributed by atoms with Gasteiger partial charge in [-0.3, -0.25) is 14.5 Å². The summed E-state index contributed by atoms with van der Waals surface area (Å²) in [6, 6.07) is 13.1. The monoisotopic (exact) mass is 458 g/mol. The molecule has 0 atom stereocenters. The van der Waals surface area contributed by atoms with Crippen molar-refractivity contribution >= 4 is 51.9 Å². The second-order valence-electron chi connectivity index (χ2n) is 6.97. The number of rotatable bonds is 9. The smallest absolute Gasteiger partial charge is 0.266 e. The van der Waals surface area contributed by atoms with E-state index in [4.69, 9.17) is 17.0 Å². The standard InChI is InChI=1S/C23H23FN2O3S2/c1-29-19-12-10-18(11-13-19)25-21(27)5-3-2-4-14-26-22(28)20(31-23(26)30)15-16-6-8-17(24)9-7-16/h6-13,15H,2-5,14H2,1H3,(H,25,27)/b20-15-. The maximum atomic E-state index is 13.0. The number of amides is 2. The summed E-state index contributed by atoms with van der Waals surface area (Å²) >= 11 is 6.59. The van der Waals surface area contributed by atoms with Gasteiger partial charge in [0, 0.05) is 18.7 Å². The Hall–Kier alpha value is -2.71. The van der Waals surface area contributed by atoms with Gasteiger partial charge in [0.1, 0.15) is 15.9 Å². The molecule has 8 heteroatoms. The average molecular weight is 459 g/mol. The van der Waals surface area contributed by atoms with Crippen LogP contribution in [-0.2, 0) is 9.59 Å². The second-order valence-corrected chi connectivity index (χ2v) is 8.65. The fourth-order valence-corrected chi connectivity index (χ4v) is 4.34. The normalized spacial score (nSPS) is 14.9. The Balaban J connectivity index is 1.39. The summed E-state index contributed by atoms with van der Waals surface area (Å²) < 4.78 is 18.7. The van der Waals surface area contributed by atoms with E-state index in [1.165, 1.54) is 23.9 Å². The first-order valence-electron chi connectivity index (χ1n) is 9.91. The molecule has 162 valence electrons. The highest BCUT2D eigenvalue weighted by atomic mass is 32.2. The molecule has 0 aliphatic carbocycles. The van der Waals surface area contributed by atoms with Crippen LogP contribution in [0.4, 0.5) is 10.1 Å². The minimum atomic E-state index is -0.317. The maximum Gasteiger partial charge on any atom is 0.266 e. The molecule has 0 unspecified atom stereocenters. The van der Waals surface area contributed by atoms with Crippen molar-refractivity contribution in [3.63, 3.8) is 0 Å². The number of halogens is 1. The lowest BCUT2D eigenvalue weighted by Gasteiger charge is -2.14. The van der Waals surface area contributed by atoms with E-state index in [0.29, 0.717) is 22.2 Å². The number of nitrogens with one attached hydrogen (secondary N) is 1. The van der Waals surface area contributed by atoms with E-state index in [1.807, 2.05) is 0 Å². The van der Waals surface area contributed by atoms with E-state index in [0.717, 1.165) is 36.3 Å². The molecule has 1 heterocycles. The highest BCUT2D eigenvalue weighted by molar-refractivity contribution is 8.26. The van der Waals surface area contributed by atoms with E-state index >= 15 is 0 Å². The summed E-state index contributed by atoms with van der Waals surface area (Å²) in [5.74, 6) is 0.248. The van der Waals surface area contributed by atoms with Crippen LogP contribution in [0.25, 0.3) is 6.08 Å². The van der Waals surface area contributed by atoms with Gasteiger partial charge in [0.2, 0.25) is 5.91 Å². The van der Waals surface area contributed by atoms with Crippen LogP contribution in [0, 0.1) is 5.82 Å². The second kappa shape index (κ2) is 11.1. The number of unbranched alkanes of at least 4 members (excludes halogenated alkanes) is 2. The summed E-state index contributed by atoms with van der Waals surface area (Å²) in [6.07, 6.45) is 4.43. The first-order valence-corrected chi connectivity index (χ1v) is 11.1. The Kier molecular flexibility index (Phi) is 8.20. The first kappa shape index (κ1) is 23.0. The molecule has 2 amide bonds. The van der Waals surface area contributed by atoms with Crippen molar-refractivity contribution in [2.24, 2.45) is 0 Å². The molecule has 0 aromatic heterocycles. The number of carbonyl (C=O) groups excluding carboxylic acids is 2. The highest BCUT2D eigenvalue weighted by Crippen LogP contribution is 2.32. The van der Waals surface area contributed by atoms with Crippen LogP contribution in [0.1, 0.15) is 31.2 Å². The van der Waals surface area contributed by atoms with Crippen molar-refractivity contribution in [1.82, 2.24) is 4.90 Å². The van der Waals surface area contributed by atoms with Gasteiger partial charge < -0.3 is 10.1 Å². The SMILES string of the molecule is COc1ccc(NC(=O)CCCCCN2C(=O)/C(=C/c3ccc(F)cc3)SC2=S)cc1. The lowest BCUT2D eigenvalue weighted by molar-refractivity contribution is -0.122. The van der Waals surface area contributed by atoms with Crippen molar-refractivity contribution in [1.29, 1.82) is 0 Å². The molecule has 31 heavy (non-hydrogen) atoms. The van der Waals surface area contributed by atoms with Gasteiger partial charge in [-0.15, -0.1) is 0 Å². The zero-order chi connectivity index (χ0) is 22.2. The Labute approximate surface area is 190 Å². The van der Waals surface area contributed by atoms with Crippen LogP contribution in [0.3, 0.4) is 0 Å². The lowest BCUT2D eigenvalue weighted by atomic mass is 10.1. The molecule has 0 saturated carbocycles. The molecule has 1 fully saturated rings. The third kappa shape index (κ3) is 6.63. The third-order valence-electron chi connectivity index (χ3n) is 4.70. The van der Waals surface area contributed by atoms with Crippen molar-refractivity contribution in [3.05, 3.63) is 64.8 Å². The summed E-state index contributed by atoms with van der Waals surface area (Å²) in [7, 11) is 1.59. The van der Waals surface area contributed by atoms with Crippen molar-refractivity contribution in [3.8, 4) is 5.75 Å². The van der Waals surface area contributed by atoms with E-state index in [2.05, 4.69) is 5.32 Å². The highest BCUT2D eigenvalue weighted by Gasteiger charge is 2.31. The summed E-state index contributed by atoms with van der Waals surface area (Å²) in [5.41, 5.74) is 1.49. The molecule has 2 aromatic carbocycles. The number of anilines is 1. The summed E-state index contributed by atoms with van der Waals surface area (Å²) in [4.78, 5) is 26.8. The molecule has 1 N–H and O–H groups in total. The quantitative estimate of drug-likeness (QED) is 0.317. The largest absolute Gasteiger partial charge is 0.497 e. The molecular formula is C23H23FN2O3S2. The molecule has 0 radical (unpaired) electrons. The number of ether oxygens (including phenoxy) is 1. The maximum absolute atomic E-state index is 13.0. The molecule has 0 bridgehead atoms. The van der Waals surface area contributed by atoms with Crippen LogP contribution in [0.5, 0.6) is 5.75 Å². The van der Waals surface area contributed by atoms with Crippen LogP contribution in [0.15, 0.2) is 53.4 Å². The number of carbonyl (C=O) groups is 2. The van der Waals surface area contributed by atoms with Crippen molar-refractivity contribution < 1.29 is 18.7 Å². The van der Waals surface area contributed by atoms with E-state index in [9.17, 15) is 14.0 Å². The van der Waals surface area contributed by atoms with Crippen LogP contribution < -0.4 is 10.1 Å². The van der Waals surface area contributed by atoms with Crippen molar-refractivity contribution in [2.75, 3.05) is 19.0 Å². The minimum absolute atomic E-state index is 0.0435. The van der Waals surface area contributed by atoms with Crippen molar-refractivity contribution in [2.45, 2.75) is 25.7 Å². The van der Waals surface area contributed by atoms with Gasteiger partial charge in [-0.25, -0.2) is 4.39 Å². The number of benzene rings is 2.